The van der Waals surface area contributed by atoms with Crippen molar-refractivity contribution in [1.29, 1.82) is 0 Å². The first-order chi connectivity index (χ1) is 18.3. The molecule has 1 aromatic carbocycles. The van der Waals surface area contributed by atoms with Crippen molar-refractivity contribution in [2.75, 3.05) is 31.8 Å². The van der Waals surface area contributed by atoms with Crippen molar-refractivity contribution >= 4 is 42.3 Å². The highest BCUT2D eigenvalue weighted by molar-refractivity contribution is 6.74. The van der Waals surface area contributed by atoms with Gasteiger partial charge in [-0.05, 0) is 54.2 Å². The molecule has 3 aromatic rings. The molecule has 2 atom stereocenters. The van der Waals surface area contributed by atoms with Crippen LogP contribution in [0.15, 0.2) is 30.5 Å². The van der Waals surface area contributed by atoms with Crippen LogP contribution < -0.4 is 4.90 Å². The Bertz CT molecular complexity index is 1340. The zero-order valence-corrected chi connectivity index (χ0v) is 25.8. The van der Waals surface area contributed by atoms with Gasteiger partial charge in [0, 0.05) is 25.5 Å². The number of Topliss-reactive ketones (excluding diaryl/α,β-unsaturated/α-hetero) is 1. The van der Waals surface area contributed by atoms with Crippen molar-refractivity contribution in [3.8, 4) is 0 Å². The van der Waals surface area contributed by atoms with E-state index < -0.39 is 14.1 Å². The van der Waals surface area contributed by atoms with Gasteiger partial charge in [0.25, 0.3) is 0 Å². The van der Waals surface area contributed by atoms with Gasteiger partial charge in [0.15, 0.2) is 14.1 Å². The number of carbonyl (C=O) groups excluding carboxylic acids is 1. The minimum absolute atomic E-state index is 0.000517. The first-order valence-electron chi connectivity index (χ1n) is 13.5. The first kappa shape index (κ1) is 29.6. The van der Waals surface area contributed by atoms with Crippen molar-refractivity contribution in [2.45, 2.75) is 71.3 Å². The maximum absolute atomic E-state index is 15.7. The lowest BCUT2D eigenvalue weighted by Gasteiger charge is -2.38. The summed E-state index contributed by atoms with van der Waals surface area (Å²) in [6, 6.07) is 6.55. The summed E-state index contributed by atoms with van der Waals surface area (Å²) in [5, 5.41) is 5.54. The summed E-state index contributed by atoms with van der Waals surface area (Å²) in [4.78, 5) is 19.8. The van der Waals surface area contributed by atoms with Gasteiger partial charge in [0.1, 0.15) is 22.2 Å². The summed E-state index contributed by atoms with van der Waals surface area (Å²) in [7, 11) is -0.369. The number of anilines is 1. The summed E-state index contributed by atoms with van der Waals surface area (Å²) in [6.07, 6.45) is 2.66. The average Bonchev–Trinajstić information content (AvgIpc) is 3.44. The van der Waals surface area contributed by atoms with Gasteiger partial charge in [0.05, 0.1) is 37.7 Å². The molecule has 212 valence electrons. The van der Waals surface area contributed by atoms with E-state index in [1.165, 1.54) is 6.07 Å². The van der Waals surface area contributed by atoms with Crippen LogP contribution in [0.2, 0.25) is 23.3 Å². The number of benzene rings is 1. The third-order valence-electron chi connectivity index (χ3n) is 8.14. The molecule has 0 saturated carbocycles. The van der Waals surface area contributed by atoms with Gasteiger partial charge < -0.3 is 14.1 Å². The molecule has 0 amide bonds. The molecule has 0 unspecified atom stereocenters. The highest BCUT2D eigenvalue weighted by Gasteiger charge is 2.40. The third-order valence-corrected chi connectivity index (χ3v) is 12.8. The Kier molecular flexibility index (Phi) is 8.85. The summed E-state index contributed by atoms with van der Waals surface area (Å²) in [5.74, 6) is -0.212. The summed E-state index contributed by atoms with van der Waals surface area (Å²) < 4.78 is 29.2. The quantitative estimate of drug-likeness (QED) is 0.156. The number of methoxy groups -OCH3 is 1. The molecule has 0 N–H and O–H groups in total. The van der Waals surface area contributed by atoms with Crippen molar-refractivity contribution in [2.24, 2.45) is 5.92 Å². The normalized spacial score (nSPS) is 18.3. The Morgan fingerprint density at radius 1 is 1.28 bits per heavy atom. The fraction of sp³-hybridized carbons (Fsp3) is 0.552. The van der Waals surface area contributed by atoms with Gasteiger partial charge in [-0.1, -0.05) is 45.4 Å². The number of carbonyl (C=O) groups is 1. The van der Waals surface area contributed by atoms with E-state index in [1.54, 1.807) is 36.2 Å². The second kappa shape index (κ2) is 11.6. The first-order valence-corrected chi connectivity index (χ1v) is 16.8. The average molecular weight is 575 g/mol. The molecule has 3 heterocycles. The van der Waals surface area contributed by atoms with E-state index in [9.17, 15) is 4.79 Å². The zero-order valence-electron chi connectivity index (χ0n) is 24.1. The number of rotatable bonds is 10. The molecule has 7 nitrogen and oxygen atoms in total. The van der Waals surface area contributed by atoms with E-state index in [0.717, 1.165) is 18.7 Å². The predicted molar refractivity (Wildman–Crippen MR) is 157 cm³/mol. The van der Waals surface area contributed by atoms with Gasteiger partial charge in [-0.25, -0.2) is 9.37 Å². The van der Waals surface area contributed by atoms with E-state index in [2.05, 4.69) is 55.8 Å². The molecule has 39 heavy (non-hydrogen) atoms. The lowest BCUT2D eigenvalue weighted by molar-refractivity contribution is 0.0988. The maximum atomic E-state index is 15.7. The highest BCUT2D eigenvalue weighted by Crippen LogP contribution is 2.41. The Morgan fingerprint density at radius 2 is 2.03 bits per heavy atom. The fourth-order valence-corrected chi connectivity index (χ4v) is 6.23. The molecule has 0 radical (unpaired) electrons. The number of ether oxygens (including phenoxy) is 1. The van der Waals surface area contributed by atoms with E-state index in [-0.39, 0.29) is 34.1 Å². The fourth-order valence-electron chi connectivity index (χ4n) is 5.03. The van der Waals surface area contributed by atoms with E-state index >= 15 is 4.39 Å². The van der Waals surface area contributed by atoms with Crippen molar-refractivity contribution in [3.05, 3.63) is 52.7 Å². The topological polar surface area (TPSA) is 69.5 Å². The number of nitrogens with zero attached hydrogens (tertiary/aromatic N) is 4. The second-order valence-electron chi connectivity index (χ2n) is 12.2. The van der Waals surface area contributed by atoms with Crippen molar-refractivity contribution < 1.29 is 18.3 Å². The SMILES string of the molecule is COCCn1ncc2c(N3C[C@@H](C)C[C@H]3CO[Si](C)(C)C(C)(C)C)c(CC(=O)c3cccc(Cl)n3)cc(F)c21. The predicted octanol–water partition coefficient (Wildman–Crippen LogP) is 6.53. The number of hydrogen-bond donors (Lipinski definition) is 0. The molecule has 0 bridgehead atoms. The van der Waals surface area contributed by atoms with Crippen LogP contribution in [0.25, 0.3) is 10.9 Å². The zero-order chi connectivity index (χ0) is 28.5. The van der Waals surface area contributed by atoms with Gasteiger partial charge in [-0.15, -0.1) is 0 Å². The molecule has 0 spiro atoms. The number of fused-ring (bicyclic) bond motifs is 1. The molecule has 1 saturated heterocycles. The second-order valence-corrected chi connectivity index (χ2v) is 17.3. The van der Waals surface area contributed by atoms with Crippen LogP contribution in [0.4, 0.5) is 10.1 Å². The van der Waals surface area contributed by atoms with Crippen LogP contribution >= 0.6 is 11.6 Å². The van der Waals surface area contributed by atoms with Crippen LogP contribution in [-0.4, -0.2) is 61.8 Å². The number of ketones is 1. The molecule has 2 aromatic heterocycles. The Morgan fingerprint density at radius 3 is 2.69 bits per heavy atom. The molecular formula is C29H40ClFN4O3Si. The Labute approximate surface area is 236 Å². The molecule has 1 aliphatic rings. The summed E-state index contributed by atoms with van der Waals surface area (Å²) >= 11 is 6.05. The largest absolute Gasteiger partial charge is 0.415 e. The maximum Gasteiger partial charge on any atom is 0.192 e. The number of aromatic nitrogens is 3. The Hall–Kier alpha value is -2.33. The minimum atomic E-state index is -1.98. The van der Waals surface area contributed by atoms with Crippen molar-refractivity contribution in [3.63, 3.8) is 0 Å². The highest BCUT2D eigenvalue weighted by atomic mass is 35.5. The number of pyridine rings is 1. The lowest BCUT2D eigenvalue weighted by atomic mass is 10.00. The van der Waals surface area contributed by atoms with Crippen LogP contribution in [0, 0.1) is 11.7 Å². The summed E-state index contributed by atoms with van der Waals surface area (Å²) in [6.45, 7) is 15.7. The molecule has 0 aliphatic carbocycles. The van der Waals surface area contributed by atoms with Gasteiger partial charge in [0.2, 0.25) is 0 Å². The van der Waals surface area contributed by atoms with Gasteiger partial charge in [-0.3, -0.25) is 9.48 Å². The van der Waals surface area contributed by atoms with E-state index in [1.807, 2.05) is 0 Å². The Balaban J connectivity index is 1.78. The van der Waals surface area contributed by atoms with Crippen LogP contribution in [0.3, 0.4) is 0 Å². The molecule has 1 fully saturated rings. The van der Waals surface area contributed by atoms with E-state index in [4.69, 9.17) is 20.8 Å². The smallest absolute Gasteiger partial charge is 0.192 e. The summed E-state index contributed by atoms with van der Waals surface area (Å²) in [5.41, 5.74) is 2.14. The van der Waals surface area contributed by atoms with Crippen LogP contribution in [-0.2, 0) is 22.1 Å². The van der Waals surface area contributed by atoms with E-state index in [0.29, 0.717) is 42.1 Å². The lowest BCUT2D eigenvalue weighted by Crippen LogP contribution is -2.45. The van der Waals surface area contributed by atoms with Crippen molar-refractivity contribution in [1.82, 2.24) is 14.8 Å². The van der Waals surface area contributed by atoms with Crippen LogP contribution in [0.1, 0.15) is 50.2 Å². The van der Waals surface area contributed by atoms with Gasteiger partial charge >= 0.3 is 0 Å². The number of halogens is 2. The standard InChI is InChI=1S/C29H40ClFN4O3Si/c1-19-13-21(18-38-39(6,7)29(2,3)4)34(17-19)27-20(15-25(36)24-9-8-10-26(30)33-24)14-23(31)28-22(27)16-32-35(28)11-12-37-5/h8-10,14,16,19,21H,11-13,15,17-18H2,1-7H3/t19-,21-/m0/s1. The third kappa shape index (κ3) is 6.37. The minimum Gasteiger partial charge on any atom is -0.415 e. The monoisotopic (exact) mass is 574 g/mol. The molecule has 4 rings (SSSR count). The van der Waals surface area contributed by atoms with Crippen LogP contribution in [0.5, 0.6) is 0 Å². The molecular weight excluding hydrogens is 535 g/mol. The van der Waals surface area contributed by atoms with Gasteiger partial charge in [-0.2, -0.15) is 5.10 Å². The number of hydrogen-bond acceptors (Lipinski definition) is 6. The molecule has 10 heteroatoms. The molecule has 1 aliphatic heterocycles.